The van der Waals surface area contributed by atoms with Gasteiger partial charge in [-0.2, -0.15) is 0 Å². The fourth-order valence-electron chi connectivity index (χ4n) is 3.70. The number of carboxylic acid groups (broad SMARTS) is 1. The summed E-state index contributed by atoms with van der Waals surface area (Å²) in [5.74, 6) is -3.72. The van der Waals surface area contributed by atoms with Crippen molar-refractivity contribution in [1.29, 1.82) is 0 Å². The molecule has 198 valence electrons. The van der Waals surface area contributed by atoms with Gasteiger partial charge in [0.25, 0.3) is 0 Å². The quantitative estimate of drug-likeness (QED) is 0.169. The number of fused-ring (bicyclic) bond motifs is 1. The second-order valence-electron chi connectivity index (χ2n) is 9.17. The summed E-state index contributed by atoms with van der Waals surface area (Å²) >= 11 is 0. The molecule has 1 aromatic carbocycles. The third-order valence-corrected chi connectivity index (χ3v) is 5.65. The number of rotatable bonds is 13. The predicted molar refractivity (Wildman–Crippen MR) is 132 cm³/mol. The van der Waals surface area contributed by atoms with Crippen molar-refractivity contribution >= 4 is 34.6 Å². The Hall–Kier alpha value is -3.48. The van der Waals surface area contributed by atoms with E-state index >= 15 is 0 Å². The molecule has 0 fully saturated rings. The van der Waals surface area contributed by atoms with Crippen molar-refractivity contribution in [3.8, 4) is 0 Å². The van der Waals surface area contributed by atoms with Gasteiger partial charge in [-0.25, -0.2) is 4.79 Å². The summed E-state index contributed by atoms with van der Waals surface area (Å²) in [4.78, 5) is 53.0. The Bertz CT molecular complexity index is 1070. The van der Waals surface area contributed by atoms with Gasteiger partial charge in [0.2, 0.25) is 17.7 Å². The van der Waals surface area contributed by atoms with Crippen LogP contribution in [-0.2, 0) is 25.6 Å². The zero-order valence-electron chi connectivity index (χ0n) is 20.5. The van der Waals surface area contributed by atoms with Gasteiger partial charge in [0, 0.05) is 23.5 Å². The lowest BCUT2D eigenvalue weighted by molar-refractivity contribution is -0.143. The fraction of sp³-hybridized carbons (Fsp3) is 0.500. The summed E-state index contributed by atoms with van der Waals surface area (Å²) in [7, 11) is 0. The van der Waals surface area contributed by atoms with Crippen molar-refractivity contribution in [2.45, 2.75) is 63.9 Å². The van der Waals surface area contributed by atoms with Gasteiger partial charge < -0.3 is 42.0 Å². The molecule has 0 spiro atoms. The van der Waals surface area contributed by atoms with E-state index in [0.29, 0.717) is 5.56 Å². The van der Waals surface area contributed by atoms with Crippen LogP contribution in [0.4, 0.5) is 0 Å². The minimum absolute atomic E-state index is 0.0129. The number of benzene rings is 1. The Balaban J connectivity index is 2.26. The first kappa shape index (κ1) is 28.8. The lowest BCUT2D eigenvalue weighted by Gasteiger charge is -2.26. The number of amides is 3. The number of nitrogens with one attached hydrogen (secondary N) is 4. The fourth-order valence-corrected chi connectivity index (χ4v) is 3.70. The van der Waals surface area contributed by atoms with Crippen LogP contribution < -0.4 is 21.7 Å². The number of aliphatic hydroxyl groups excluding tert-OH is 2. The highest BCUT2D eigenvalue weighted by atomic mass is 16.4. The van der Waals surface area contributed by atoms with Gasteiger partial charge in [0.05, 0.1) is 12.7 Å². The predicted octanol–water partition coefficient (Wildman–Crippen LogP) is -1.00. The maximum atomic E-state index is 13.2. The first-order valence-electron chi connectivity index (χ1n) is 11.7. The molecular weight excluding hydrogens is 470 g/mol. The lowest BCUT2D eigenvalue weighted by Crippen LogP contribution is -2.60. The number of aliphatic carboxylic acids is 1. The van der Waals surface area contributed by atoms with E-state index in [4.69, 9.17) is 5.73 Å². The number of H-pyrrole nitrogens is 1. The molecule has 0 aliphatic heterocycles. The van der Waals surface area contributed by atoms with Crippen molar-refractivity contribution in [3.63, 3.8) is 0 Å². The Morgan fingerprint density at radius 1 is 0.972 bits per heavy atom. The maximum absolute atomic E-state index is 13.2. The van der Waals surface area contributed by atoms with Crippen molar-refractivity contribution < 1.29 is 34.5 Å². The number of aliphatic hydroxyl groups is 2. The van der Waals surface area contributed by atoms with Gasteiger partial charge in [-0.3, -0.25) is 14.4 Å². The van der Waals surface area contributed by atoms with Crippen LogP contribution in [0, 0.1) is 5.92 Å². The molecule has 9 N–H and O–H groups in total. The highest BCUT2D eigenvalue weighted by Gasteiger charge is 2.33. The molecule has 12 heteroatoms. The second kappa shape index (κ2) is 13.0. The van der Waals surface area contributed by atoms with Crippen molar-refractivity contribution in [1.82, 2.24) is 20.9 Å². The first-order valence-corrected chi connectivity index (χ1v) is 11.7. The van der Waals surface area contributed by atoms with E-state index in [-0.39, 0.29) is 18.8 Å². The largest absolute Gasteiger partial charge is 0.480 e. The van der Waals surface area contributed by atoms with E-state index in [0.717, 1.165) is 10.9 Å². The summed E-state index contributed by atoms with van der Waals surface area (Å²) < 4.78 is 0. The summed E-state index contributed by atoms with van der Waals surface area (Å²) in [6.45, 7) is 4.23. The van der Waals surface area contributed by atoms with Crippen LogP contribution in [0.1, 0.15) is 32.8 Å². The van der Waals surface area contributed by atoms with Gasteiger partial charge in [-0.15, -0.1) is 0 Å². The molecular formula is C24H35N5O7. The number of aromatic nitrogens is 1. The molecule has 0 radical (unpaired) electrons. The lowest BCUT2D eigenvalue weighted by atomic mass is 10.0. The molecule has 36 heavy (non-hydrogen) atoms. The zero-order valence-corrected chi connectivity index (χ0v) is 20.5. The molecule has 0 saturated carbocycles. The summed E-state index contributed by atoms with van der Waals surface area (Å²) in [5, 5.41) is 36.9. The van der Waals surface area contributed by atoms with E-state index < -0.39 is 60.6 Å². The number of nitrogens with two attached hydrogens (primary N) is 1. The Kier molecular flexibility index (Phi) is 10.4. The van der Waals surface area contributed by atoms with E-state index in [2.05, 4.69) is 20.9 Å². The van der Waals surface area contributed by atoms with Crippen LogP contribution in [0.3, 0.4) is 0 Å². The monoisotopic (exact) mass is 505 g/mol. The SMILES string of the molecule is CC(C)CC(NC(=O)C(NC(=O)C(Cc1c[nH]c2ccccc12)NC(=O)C(N)CO)C(C)O)C(=O)O. The molecule has 12 nitrogen and oxygen atoms in total. The van der Waals surface area contributed by atoms with Crippen molar-refractivity contribution in [3.05, 3.63) is 36.0 Å². The van der Waals surface area contributed by atoms with E-state index in [1.165, 1.54) is 6.92 Å². The van der Waals surface area contributed by atoms with Gasteiger partial charge in [-0.05, 0) is 30.9 Å². The van der Waals surface area contributed by atoms with Gasteiger partial charge in [0.1, 0.15) is 24.2 Å². The van der Waals surface area contributed by atoms with Crippen LogP contribution >= 0.6 is 0 Å². The normalized spacial score (nSPS) is 15.5. The van der Waals surface area contributed by atoms with Crippen LogP contribution in [0.15, 0.2) is 30.5 Å². The summed E-state index contributed by atoms with van der Waals surface area (Å²) in [6, 6.07) is 2.16. The number of hydrogen-bond donors (Lipinski definition) is 8. The molecule has 2 rings (SSSR count). The van der Waals surface area contributed by atoms with E-state index in [1.807, 2.05) is 24.3 Å². The standard InChI is InChI=1S/C24H35N5O7/c1-12(2)8-19(24(35)36)28-23(34)20(13(3)31)29-22(33)18(27-21(32)16(25)11-30)9-14-10-26-17-7-5-4-6-15(14)17/h4-7,10,12-13,16,18-20,26,30-31H,8-9,11,25H2,1-3H3,(H,27,32)(H,28,34)(H,29,33)(H,35,36). The Morgan fingerprint density at radius 3 is 2.19 bits per heavy atom. The van der Waals surface area contributed by atoms with Crippen LogP contribution in [0.5, 0.6) is 0 Å². The van der Waals surface area contributed by atoms with Gasteiger partial charge in [-0.1, -0.05) is 32.0 Å². The Labute approximate surface area is 208 Å². The second-order valence-corrected chi connectivity index (χ2v) is 9.17. The van der Waals surface area contributed by atoms with Gasteiger partial charge in [0.15, 0.2) is 0 Å². The van der Waals surface area contributed by atoms with Crippen LogP contribution in [-0.4, -0.2) is 80.9 Å². The average Bonchev–Trinajstić information content (AvgIpc) is 3.22. The molecule has 0 aliphatic rings. The van der Waals surface area contributed by atoms with Crippen molar-refractivity contribution in [2.75, 3.05) is 6.61 Å². The number of para-hydroxylation sites is 1. The van der Waals surface area contributed by atoms with Crippen molar-refractivity contribution in [2.24, 2.45) is 11.7 Å². The van der Waals surface area contributed by atoms with Crippen LogP contribution in [0.2, 0.25) is 0 Å². The summed E-state index contributed by atoms with van der Waals surface area (Å²) in [5.41, 5.74) is 7.10. The molecule has 0 saturated heterocycles. The smallest absolute Gasteiger partial charge is 0.326 e. The third-order valence-electron chi connectivity index (χ3n) is 5.65. The third kappa shape index (κ3) is 7.77. The highest BCUT2D eigenvalue weighted by molar-refractivity contribution is 5.95. The minimum atomic E-state index is -1.49. The average molecular weight is 506 g/mol. The minimum Gasteiger partial charge on any atom is -0.480 e. The number of aromatic amines is 1. The number of carbonyl (C=O) groups is 4. The molecule has 5 atom stereocenters. The molecule has 0 aliphatic carbocycles. The van der Waals surface area contributed by atoms with Gasteiger partial charge >= 0.3 is 5.97 Å². The topological polar surface area (TPSA) is 207 Å². The summed E-state index contributed by atoms with van der Waals surface area (Å²) in [6.07, 6.45) is 0.482. The maximum Gasteiger partial charge on any atom is 0.326 e. The van der Waals surface area contributed by atoms with E-state index in [9.17, 15) is 34.5 Å². The highest BCUT2D eigenvalue weighted by Crippen LogP contribution is 2.19. The molecule has 1 aromatic heterocycles. The zero-order chi connectivity index (χ0) is 27.0. The van der Waals surface area contributed by atoms with Crippen LogP contribution in [0.25, 0.3) is 10.9 Å². The molecule has 0 bridgehead atoms. The molecule has 2 aromatic rings. The number of hydrogen-bond acceptors (Lipinski definition) is 7. The Morgan fingerprint density at radius 2 is 1.61 bits per heavy atom. The number of carbonyl (C=O) groups excluding carboxylic acids is 3. The molecule has 1 heterocycles. The first-order chi connectivity index (χ1) is 16.9. The number of carboxylic acids is 1. The molecule has 5 unspecified atom stereocenters. The molecule has 3 amide bonds. The van der Waals surface area contributed by atoms with E-state index in [1.54, 1.807) is 20.0 Å².